The van der Waals surface area contributed by atoms with Gasteiger partial charge in [0.25, 0.3) is 0 Å². The highest BCUT2D eigenvalue weighted by molar-refractivity contribution is 8.00. The number of hydrogen-bond acceptors (Lipinski definition) is 3. The molecule has 0 aromatic rings. The summed E-state index contributed by atoms with van der Waals surface area (Å²) >= 11 is 1.66. The fourth-order valence-electron chi connectivity index (χ4n) is 1.80. The Hall–Kier alpha value is -0.250. The number of ether oxygens (including phenoxy) is 1. The average Bonchev–Trinajstić information content (AvgIpc) is 2.34. The zero-order valence-electron chi connectivity index (χ0n) is 13.7. The molecule has 0 amide bonds. The molecule has 2 atom stereocenters. The standard InChI is InChI=1S/C16H31FO2S/c1-6-10-14(15(18)19-16(3,4)5)20-12-9-8-11-13(17)7-2/h13-14H,6-12H2,1-5H3. The van der Waals surface area contributed by atoms with Gasteiger partial charge in [0.2, 0.25) is 0 Å². The molecule has 0 aliphatic heterocycles. The van der Waals surface area contributed by atoms with Crippen molar-refractivity contribution in [3.05, 3.63) is 0 Å². The molecular weight excluding hydrogens is 275 g/mol. The Morgan fingerprint density at radius 1 is 1.20 bits per heavy atom. The quantitative estimate of drug-likeness (QED) is 0.412. The fourth-order valence-corrected chi connectivity index (χ4v) is 3.04. The second-order valence-corrected chi connectivity index (χ2v) is 7.49. The molecule has 0 heterocycles. The van der Waals surface area contributed by atoms with Crippen molar-refractivity contribution in [3.8, 4) is 0 Å². The number of alkyl halides is 1. The van der Waals surface area contributed by atoms with E-state index in [4.69, 9.17) is 4.74 Å². The molecule has 120 valence electrons. The van der Waals surface area contributed by atoms with Gasteiger partial charge in [-0.2, -0.15) is 0 Å². The van der Waals surface area contributed by atoms with E-state index in [1.165, 1.54) is 0 Å². The van der Waals surface area contributed by atoms with Crippen molar-refractivity contribution in [2.45, 2.75) is 90.2 Å². The van der Waals surface area contributed by atoms with Gasteiger partial charge in [0, 0.05) is 0 Å². The Labute approximate surface area is 128 Å². The average molecular weight is 306 g/mol. The monoisotopic (exact) mass is 306 g/mol. The molecule has 0 aliphatic rings. The lowest BCUT2D eigenvalue weighted by Crippen LogP contribution is -2.30. The van der Waals surface area contributed by atoms with Crippen LogP contribution in [-0.2, 0) is 9.53 Å². The van der Waals surface area contributed by atoms with Gasteiger partial charge in [0.1, 0.15) is 10.9 Å². The van der Waals surface area contributed by atoms with Crippen LogP contribution in [0.25, 0.3) is 0 Å². The number of rotatable bonds is 10. The molecule has 2 unspecified atom stereocenters. The van der Waals surface area contributed by atoms with Crippen LogP contribution in [0.1, 0.15) is 73.1 Å². The zero-order chi connectivity index (χ0) is 15.6. The smallest absolute Gasteiger partial charge is 0.319 e. The number of thioether (sulfide) groups is 1. The van der Waals surface area contributed by atoms with E-state index in [-0.39, 0.29) is 11.2 Å². The van der Waals surface area contributed by atoms with Crippen molar-refractivity contribution in [1.82, 2.24) is 0 Å². The van der Waals surface area contributed by atoms with E-state index in [0.717, 1.165) is 31.4 Å². The Morgan fingerprint density at radius 3 is 2.35 bits per heavy atom. The van der Waals surface area contributed by atoms with Crippen LogP contribution >= 0.6 is 11.8 Å². The Kier molecular flexibility index (Phi) is 10.3. The Bertz CT molecular complexity index is 264. The first-order valence-corrected chi connectivity index (χ1v) is 8.83. The summed E-state index contributed by atoms with van der Waals surface area (Å²) in [6.45, 7) is 9.63. The summed E-state index contributed by atoms with van der Waals surface area (Å²) in [7, 11) is 0. The number of carbonyl (C=O) groups excluding carboxylic acids is 1. The topological polar surface area (TPSA) is 26.3 Å². The highest BCUT2D eigenvalue weighted by atomic mass is 32.2. The minimum atomic E-state index is -0.669. The fraction of sp³-hybridized carbons (Fsp3) is 0.938. The maximum atomic E-state index is 13.1. The molecule has 0 aliphatic carbocycles. The van der Waals surface area contributed by atoms with Crippen LogP contribution in [0.15, 0.2) is 0 Å². The summed E-state index contributed by atoms with van der Waals surface area (Å²) in [6.07, 6.45) is 4.26. The number of halogens is 1. The number of esters is 1. The largest absolute Gasteiger partial charge is 0.459 e. The predicted octanol–water partition coefficient (Wildman–Crippen LogP) is 5.15. The summed E-state index contributed by atoms with van der Waals surface area (Å²) in [6, 6.07) is 0. The summed E-state index contributed by atoms with van der Waals surface area (Å²) in [5, 5.41) is -0.0772. The van der Waals surface area contributed by atoms with Crippen molar-refractivity contribution in [1.29, 1.82) is 0 Å². The van der Waals surface area contributed by atoms with E-state index in [1.807, 2.05) is 27.7 Å². The lowest BCUT2D eigenvalue weighted by atomic mass is 10.1. The molecular formula is C16H31FO2S. The highest BCUT2D eigenvalue weighted by Crippen LogP contribution is 2.22. The third-order valence-electron chi connectivity index (χ3n) is 2.89. The van der Waals surface area contributed by atoms with Crippen LogP contribution in [0, 0.1) is 0 Å². The van der Waals surface area contributed by atoms with Crippen molar-refractivity contribution < 1.29 is 13.9 Å². The van der Waals surface area contributed by atoms with Crippen LogP contribution in [0.4, 0.5) is 4.39 Å². The van der Waals surface area contributed by atoms with Crippen LogP contribution < -0.4 is 0 Å². The first kappa shape index (κ1) is 19.8. The van der Waals surface area contributed by atoms with Crippen LogP contribution in [-0.4, -0.2) is 28.7 Å². The van der Waals surface area contributed by atoms with Crippen molar-refractivity contribution in [3.63, 3.8) is 0 Å². The molecule has 20 heavy (non-hydrogen) atoms. The maximum absolute atomic E-state index is 13.1. The van der Waals surface area contributed by atoms with Crippen molar-refractivity contribution in [2.75, 3.05) is 5.75 Å². The Balaban J connectivity index is 3.99. The number of hydrogen-bond donors (Lipinski definition) is 0. The zero-order valence-corrected chi connectivity index (χ0v) is 14.5. The Morgan fingerprint density at radius 2 is 1.85 bits per heavy atom. The van der Waals surface area contributed by atoms with E-state index < -0.39 is 11.8 Å². The third-order valence-corrected chi connectivity index (χ3v) is 4.25. The number of carbonyl (C=O) groups is 1. The van der Waals surface area contributed by atoms with Crippen molar-refractivity contribution >= 4 is 17.7 Å². The summed E-state index contributed by atoms with van der Waals surface area (Å²) < 4.78 is 18.5. The SMILES string of the molecule is CCCC(SCCCCC(F)CC)C(=O)OC(C)(C)C. The molecule has 4 heteroatoms. The van der Waals surface area contributed by atoms with E-state index in [2.05, 4.69) is 6.92 Å². The molecule has 0 radical (unpaired) electrons. The van der Waals surface area contributed by atoms with Crippen LogP contribution in [0.3, 0.4) is 0 Å². The van der Waals surface area contributed by atoms with Gasteiger partial charge in [-0.05, 0) is 58.6 Å². The van der Waals surface area contributed by atoms with Gasteiger partial charge in [0.15, 0.2) is 0 Å². The molecule has 0 N–H and O–H groups in total. The van der Waals surface area contributed by atoms with Crippen LogP contribution in [0.5, 0.6) is 0 Å². The van der Waals surface area contributed by atoms with E-state index in [1.54, 1.807) is 11.8 Å². The molecule has 2 nitrogen and oxygen atoms in total. The van der Waals surface area contributed by atoms with Gasteiger partial charge in [-0.15, -0.1) is 11.8 Å². The minimum Gasteiger partial charge on any atom is -0.459 e. The molecule has 0 aromatic carbocycles. The normalized spacial score (nSPS) is 14.9. The molecule has 0 aromatic heterocycles. The lowest BCUT2D eigenvalue weighted by Gasteiger charge is -2.23. The van der Waals surface area contributed by atoms with Crippen molar-refractivity contribution in [2.24, 2.45) is 0 Å². The first-order chi connectivity index (χ1) is 9.30. The molecule has 0 saturated heterocycles. The highest BCUT2D eigenvalue weighted by Gasteiger charge is 2.24. The van der Waals surface area contributed by atoms with Gasteiger partial charge in [0.05, 0.1) is 6.17 Å². The van der Waals surface area contributed by atoms with E-state index >= 15 is 0 Å². The van der Waals surface area contributed by atoms with Crippen LogP contribution in [0.2, 0.25) is 0 Å². The van der Waals surface area contributed by atoms with Gasteiger partial charge in [-0.1, -0.05) is 20.3 Å². The summed E-state index contributed by atoms with van der Waals surface area (Å²) in [5.74, 6) is 0.793. The molecule has 0 fully saturated rings. The molecule has 0 spiro atoms. The molecule has 0 rings (SSSR count). The van der Waals surface area contributed by atoms with E-state index in [0.29, 0.717) is 12.8 Å². The predicted molar refractivity (Wildman–Crippen MR) is 86.0 cm³/mol. The first-order valence-electron chi connectivity index (χ1n) is 7.78. The van der Waals surface area contributed by atoms with Gasteiger partial charge < -0.3 is 4.74 Å². The lowest BCUT2D eigenvalue weighted by molar-refractivity contribution is -0.154. The number of unbranched alkanes of at least 4 members (excludes halogenated alkanes) is 1. The minimum absolute atomic E-state index is 0.0772. The van der Waals surface area contributed by atoms with Gasteiger partial charge in [-0.3, -0.25) is 4.79 Å². The summed E-state index contributed by atoms with van der Waals surface area (Å²) in [5.41, 5.74) is -0.424. The summed E-state index contributed by atoms with van der Waals surface area (Å²) in [4.78, 5) is 12.1. The van der Waals surface area contributed by atoms with E-state index in [9.17, 15) is 9.18 Å². The molecule has 0 saturated carbocycles. The second kappa shape index (κ2) is 10.5. The third kappa shape index (κ3) is 10.5. The second-order valence-electron chi connectivity index (χ2n) is 6.18. The molecule has 0 bridgehead atoms. The van der Waals surface area contributed by atoms with Gasteiger partial charge in [-0.25, -0.2) is 4.39 Å². The van der Waals surface area contributed by atoms with Gasteiger partial charge >= 0.3 is 5.97 Å². The maximum Gasteiger partial charge on any atom is 0.319 e.